The maximum atomic E-state index is 9.23. The van der Waals surface area contributed by atoms with Crippen molar-refractivity contribution in [2.45, 2.75) is 44.1 Å². The summed E-state index contributed by atoms with van der Waals surface area (Å²) in [5.41, 5.74) is 6.48. The lowest BCUT2D eigenvalue weighted by molar-refractivity contribution is 0.0916. The molecule has 2 aliphatic rings. The van der Waals surface area contributed by atoms with E-state index in [0.29, 0.717) is 6.61 Å². The van der Waals surface area contributed by atoms with Crippen molar-refractivity contribution >= 4 is 0 Å². The number of aliphatic hydroxyl groups is 1. The molecule has 0 amide bonds. The summed E-state index contributed by atoms with van der Waals surface area (Å²) in [6.45, 7) is 0.353. The van der Waals surface area contributed by atoms with E-state index in [9.17, 15) is 5.11 Å². The van der Waals surface area contributed by atoms with Crippen molar-refractivity contribution in [3.8, 4) is 0 Å². The molecule has 0 aromatic rings. The zero-order chi connectivity index (χ0) is 7.95. The van der Waals surface area contributed by atoms with Crippen LogP contribution in [0.1, 0.15) is 38.5 Å². The molecular formula is C9H17NO. The Morgan fingerprint density at radius 2 is 2.00 bits per heavy atom. The molecule has 0 radical (unpaired) electrons. The van der Waals surface area contributed by atoms with Crippen LogP contribution in [0.25, 0.3) is 0 Å². The second-order valence-corrected chi connectivity index (χ2v) is 4.55. The van der Waals surface area contributed by atoms with Crippen molar-refractivity contribution in [3.63, 3.8) is 0 Å². The zero-order valence-corrected chi connectivity index (χ0v) is 6.97. The Labute approximate surface area is 67.8 Å². The van der Waals surface area contributed by atoms with Gasteiger partial charge in [0.2, 0.25) is 0 Å². The fourth-order valence-corrected chi connectivity index (χ4v) is 2.89. The molecule has 2 nitrogen and oxygen atoms in total. The average Bonchev–Trinajstić information content (AvgIpc) is 2.24. The Morgan fingerprint density at radius 3 is 2.64 bits per heavy atom. The van der Waals surface area contributed by atoms with Gasteiger partial charge in [-0.2, -0.15) is 0 Å². The SMILES string of the molecule is NC12CCCC(CO)(CC1)C2. The van der Waals surface area contributed by atoms with E-state index >= 15 is 0 Å². The van der Waals surface area contributed by atoms with Gasteiger partial charge in [0.05, 0.1) is 0 Å². The predicted molar refractivity (Wildman–Crippen MR) is 44.1 cm³/mol. The highest BCUT2D eigenvalue weighted by Gasteiger charge is 2.48. The highest BCUT2D eigenvalue weighted by Crippen LogP contribution is 2.51. The highest BCUT2D eigenvalue weighted by molar-refractivity contribution is 5.04. The van der Waals surface area contributed by atoms with Crippen LogP contribution < -0.4 is 5.73 Å². The third-order valence-corrected chi connectivity index (χ3v) is 3.60. The minimum absolute atomic E-state index is 0.0982. The Balaban J connectivity index is 2.17. The predicted octanol–water partition coefficient (Wildman–Crippen LogP) is 1.03. The molecule has 0 aliphatic heterocycles. The van der Waals surface area contributed by atoms with Gasteiger partial charge in [-0.15, -0.1) is 0 Å². The van der Waals surface area contributed by atoms with Crippen LogP contribution >= 0.6 is 0 Å². The first-order chi connectivity index (χ1) is 5.18. The molecule has 0 aromatic carbocycles. The van der Waals surface area contributed by atoms with Crippen molar-refractivity contribution in [1.82, 2.24) is 0 Å². The highest BCUT2D eigenvalue weighted by atomic mass is 16.3. The average molecular weight is 155 g/mol. The van der Waals surface area contributed by atoms with Crippen molar-refractivity contribution in [2.75, 3.05) is 6.61 Å². The van der Waals surface area contributed by atoms with Crippen molar-refractivity contribution in [2.24, 2.45) is 11.1 Å². The first-order valence-corrected chi connectivity index (χ1v) is 4.58. The van der Waals surface area contributed by atoms with Gasteiger partial charge in [0, 0.05) is 12.1 Å². The van der Waals surface area contributed by atoms with Crippen LogP contribution in [-0.4, -0.2) is 17.3 Å². The Hall–Kier alpha value is -0.0800. The monoisotopic (exact) mass is 155 g/mol. The minimum atomic E-state index is 0.0982. The lowest BCUT2D eigenvalue weighted by Crippen LogP contribution is -2.42. The number of hydrogen-bond acceptors (Lipinski definition) is 2. The van der Waals surface area contributed by atoms with Gasteiger partial charge in [0.1, 0.15) is 0 Å². The van der Waals surface area contributed by atoms with Gasteiger partial charge in [0.15, 0.2) is 0 Å². The Morgan fingerprint density at radius 1 is 1.18 bits per heavy atom. The summed E-state index contributed by atoms with van der Waals surface area (Å²) in [5.74, 6) is 0. The molecule has 2 saturated carbocycles. The Kier molecular flexibility index (Phi) is 1.52. The van der Waals surface area contributed by atoms with Gasteiger partial charge >= 0.3 is 0 Å². The molecule has 3 N–H and O–H groups in total. The summed E-state index contributed by atoms with van der Waals surface area (Å²) in [6.07, 6.45) is 6.94. The van der Waals surface area contributed by atoms with E-state index in [2.05, 4.69) is 0 Å². The van der Waals surface area contributed by atoms with Crippen LogP contribution in [-0.2, 0) is 0 Å². The number of hydrogen-bond donors (Lipinski definition) is 2. The van der Waals surface area contributed by atoms with E-state index in [0.717, 1.165) is 19.3 Å². The van der Waals surface area contributed by atoms with Gasteiger partial charge in [-0.05, 0) is 37.5 Å². The Bertz CT molecular complexity index is 171. The molecule has 0 heterocycles. The van der Waals surface area contributed by atoms with E-state index < -0.39 is 0 Å². The van der Waals surface area contributed by atoms with Gasteiger partial charge in [-0.1, -0.05) is 6.42 Å². The first kappa shape index (κ1) is 7.56. The molecule has 0 spiro atoms. The number of aliphatic hydroxyl groups excluding tert-OH is 1. The summed E-state index contributed by atoms with van der Waals surface area (Å²) in [6, 6.07) is 0. The standard InChI is InChI=1S/C9H17NO/c10-9-3-1-2-8(6-9,7-11)4-5-9/h11H,1-7,10H2. The lowest BCUT2D eigenvalue weighted by Gasteiger charge is -2.35. The van der Waals surface area contributed by atoms with Crippen LogP contribution in [0.15, 0.2) is 0 Å². The van der Waals surface area contributed by atoms with Crippen LogP contribution in [0.2, 0.25) is 0 Å². The van der Waals surface area contributed by atoms with Crippen molar-refractivity contribution in [1.29, 1.82) is 0 Å². The van der Waals surface area contributed by atoms with Gasteiger partial charge in [-0.25, -0.2) is 0 Å². The third-order valence-electron chi connectivity index (χ3n) is 3.60. The minimum Gasteiger partial charge on any atom is -0.396 e. The second-order valence-electron chi connectivity index (χ2n) is 4.55. The molecular weight excluding hydrogens is 138 g/mol. The second kappa shape index (κ2) is 2.20. The molecule has 2 rings (SSSR count). The molecule has 2 bridgehead atoms. The van der Waals surface area contributed by atoms with E-state index in [1.807, 2.05) is 0 Å². The summed E-state index contributed by atoms with van der Waals surface area (Å²) in [4.78, 5) is 0. The zero-order valence-electron chi connectivity index (χ0n) is 6.97. The summed E-state index contributed by atoms with van der Waals surface area (Å²) in [7, 11) is 0. The third kappa shape index (κ3) is 1.09. The molecule has 2 atom stereocenters. The molecule has 2 unspecified atom stereocenters. The van der Waals surface area contributed by atoms with Crippen LogP contribution in [0.3, 0.4) is 0 Å². The topological polar surface area (TPSA) is 46.2 Å². The molecule has 2 aliphatic carbocycles. The van der Waals surface area contributed by atoms with Crippen LogP contribution in [0, 0.1) is 5.41 Å². The molecule has 2 heteroatoms. The molecule has 0 aromatic heterocycles. The largest absolute Gasteiger partial charge is 0.396 e. The summed E-state index contributed by atoms with van der Waals surface area (Å²) < 4.78 is 0. The smallest absolute Gasteiger partial charge is 0.0488 e. The van der Waals surface area contributed by atoms with Gasteiger partial charge in [-0.3, -0.25) is 0 Å². The molecule has 2 fully saturated rings. The van der Waals surface area contributed by atoms with E-state index in [1.54, 1.807) is 0 Å². The lowest BCUT2D eigenvalue weighted by atomic mass is 9.74. The molecule has 64 valence electrons. The number of nitrogens with two attached hydrogens (primary N) is 1. The van der Waals surface area contributed by atoms with E-state index in [-0.39, 0.29) is 11.0 Å². The van der Waals surface area contributed by atoms with Crippen molar-refractivity contribution in [3.05, 3.63) is 0 Å². The first-order valence-electron chi connectivity index (χ1n) is 4.58. The van der Waals surface area contributed by atoms with Gasteiger partial charge < -0.3 is 10.8 Å². The summed E-state index contributed by atoms with van der Waals surface area (Å²) in [5, 5.41) is 9.23. The van der Waals surface area contributed by atoms with Gasteiger partial charge in [0.25, 0.3) is 0 Å². The van der Waals surface area contributed by atoms with Crippen molar-refractivity contribution < 1.29 is 5.11 Å². The maximum Gasteiger partial charge on any atom is 0.0488 e. The molecule has 11 heavy (non-hydrogen) atoms. The molecule has 0 saturated heterocycles. The fraction of sp³-hybridized carbons (Fsp3) is 1.00. The number of fused-ring (bicyclic) bond motifs is 2. The maximum absolute atomic E-state index is 9.23. The summed E-state index contributed by atoms with van der Waals surface area (Å²) >= 11 is 0. The number of rotatable bonds is 1. The van der Waals surface area contributed by atoms with E-state index in [1.165, 1.54) is 19.3 Å². The van der Waals surface area contributed by atoms with Crippen LogP contribution in [0.4, 0.5) is 0 Å². The fourth-order valence-electron chi connectivity index (χ4n) is 2.89. The van der Waals surface area contributed by atoms with Crippen LogP contribution in [0.5, 0.6) is 0 Å². The quantitative estimate of drug-likeness (QED) is 0.594. The normalized spacial score (nSPS) is 49.6. The van der Waals surface area contributed by atoms with E-state index in [4.69, 9.17) is 5.73 Å².